The molecule has 1 rings (SSSR count). The minimum atomic E-state index is -4.48. The second kappa shape index (κ2) is 6.08. The van der Waals surface area contributed by atoms with Gasteiger partial charge in [0.1, 0.15) is 11.0 Å². The molecule has 4 nitrogen and oxygen atoms in total. The number of nitrogens with two attached hydrogens (primary N) is 1. The highest BCUT2D eigenvalue weighted by molar-refractivity contribution is 7.80. The van der Waals surface area contributed by atoms with Gasteiger partial charge in [-0.2, -0.15) is 13.2 Å². The molecule has 0 heterocycles. The lowest BCUT2D eigenvalue weighted by Crippen LogP contribution is -2.35. The van der Waals surface area contributed by atoms with E-state index in [-0.39, 0.29) is 22.1 Å². The fraction of sp³-hybridized carbons (Fsp3) is 0.333. The molecule has 4 N–H and O–H groups in total. The number of likely N-dealkylation sites (N-methyl/N-ethyl adjacent to an activating group) is 1. The van der Waals surface area contributed by atoms with Crippen molar-refractivity contribution in [2.45, 2.75) is 19.1 Å². The van der Waals surface area contributed by atoms with Crippen molar-refractivity contribution in [3.05, 3.63) is 29.3 Å². The molecule has 1 atom stereocenters. The van der Waals surface area contributed by atoms with E-state index in [9.17, 15) is 18.0 Å². The van der Waals surface area contributed by atoms with Crippen LogP contribution in [0, 0.1) is 0 Å². The van der Waals surface area contributed by atoms with Gasteiger partial charge in [-0.3, -0.25) is 4.79 Å². The molecule has 0 saturated heterocycles. The van der Waals surface area contributed by atoms with E-state index in [1.54, 1.807) is 6.92 Å². The average Bonchev–Trinajstić information content (AvgIpc) is 2.36. The molecule has 0 aromatic heterocycles. The van der Waals surface area contributed by atoms with Crippen LogP contribution in [-0.4, -0.2) is 24.0 Å². The third-order valence-corrected chi connectivity index (χ3v) is 2.84. The van der Waals surface area contributed by atoms with Crippen molar-refractivity contribution in [1.29, 1.82) is 0 Å². The first-order valence-corrected chi connectivity index (χ1v) is 6.06. The summed E-state index contributed by atoms with van der Waals surface area (Å²) in [6.45, 7) is 1.57. The number of anilines is 1. The maximum atomic E-state index is 12.6. The lowest BCUT2D eigenvalue weighted by molar-refractivity contribution is -0.137. The van der Waals surface area contributed by atoms with Crippen molar-refractivity contribution in [2.24, 2.45) is 5.73 Å². The van der Waals surface area contributed by atoms with Crippen molar-refractivity contribution in [2.75, 3.05) is 12.4 Å². The summed E-state index contributed by atoms with van der Waals surface area (Å²) in [6.07, 6.45) is -4.48. The van der Waals surface area contributed by atoms with Crippen LogP contribution in [0.1, 0.15) is 18.1 Å². The number of rotatable bonds is 4. The number of benzene rings is 1. The lowest BCUT2D eigenvalue weighted by Gasteiger charge is -2.18. The molecule has 0 aliphatic carbocycles. The third-order valence-electron chi connectivity index (χ3n) is 2.62. The molecule has 1 amide bonds. The summed E-state index contributed by atoms with van der Waals surface area (Å²) in [5.74, 6) is -0.307. The number of hydrogen-bond acceptors (Lipinski definition) is 3. The molecule has 1 aromatic carbocycles. The maximum absolute atomic E-state index is 12.6. The predicted octanol–water partition coefficient (Wildman–Crippen LogP) is 1.89. The molecule has 1 aromatic rings. The van der Waals surface area contributed by atoms with Crippen LogP contribution in [0.4, 0.5) is 18.9 Å². The highest BCUT2D eigenvalue weighted by Gasteiger charge is 2.31. The van der Waals surface area contributed by atoms with Crippen molar-refractivity contribution in [3.63, 3.8) is 0 Å². The molecule has 8 heteroatoms. The van der Waals surface area contributed by atoms with Crippen LogP contribution in [-0.2, 0) is 11.0 Å². The Labute approximate surface area is 119 Å². The van der Waals surface area contributed by atoms with Gasteiger partial charge in [-0.15, -0.1) is 0 Å². The van der Waals surface area contributed by atoms with E-state index in [0.29, 0.717) is 0 Å². The molecular formula is C12H14F3N3OS. The Morgan fingerprint density at radius 2 is 2.00 bits per heavy atom. The number of carbonyl (C=O) groups excluding carboxylic acids is 1. The van der Waals surface area contributed by atoms with Gasteiger partial charge in [0.2, 0.25) is 5.91 Å². The van der Waals surface area contributed by atoms with Crippen molar-refractivity contribution >= 4 is 28.8 Å². The molecule has 0 bridgehead atoms. The average molecular weight is 305 g/mol. The van der Waals surface area contributed by atoms with E-state index >= 15 is 0 Å². The van der Waals surface area contributed by atoms with Crippen LogP contribution < -0.4 is 16.4 Å². The quantitative estimate of drug-likeness (QED) is 0.743. The molecule has 0 saturated carbocycles. The molecule has 110 valence electrons. The molecule has 0 aliphatic heterocycles. The predicted molar refractivity (Wildman–Crippen MR) is 74.5 cm³/mol. The number of amides is 1. The van der Waals surface area contributed by atoms with Crippen LogP contribution in [0.15, 0.2) is 18.2 Å². The minimum absolute atomic E-state index is 0.0468. The molecule has 0 radical (unpaired) electrons. The summed E-state index contributed by atoms with van der Waals surface area (Å²) in [4.78, 5) is 11.2. The van der Waals surface area contributed by atoms with E-state index in [1.165, 1.54) is 13.1 Å². The first-order valence-electron chi connectivity index (χ1n) is 5.66. The SMILES string of the molecule is CNC(=O)C(C)Nc1ccc(C(F)(F)F)cc1C(N)=S. The third kappa shape index (κ3) is 3.83. The van der Waals surface area contributed by atoms with E-state index in [4.69, 9.17) is 18.0 Å². The van der Waals surface area contributed by atoms with Gasteiger partial charge in [-0.05, 0) is 25.1 Å². The monoisotopic (exact) mass is 305 g/mol. The van der Waals surface area contributed by atoms with Crippen LogP contribution in [0.2, 0.25) is 0 Å². The Morgan fingerprint density at radius 1 is 1.40 bits per heavy atom. The van der Waals surface area contributed by atoms with E-state index in [2.05, 4.69) is 10.6 Å². The fourth-order valence-corrected chi connectivity index (χ4v) is 1.73. The minimum Gasteiger partial charge on any atom is -0.389 e. The Bertz CT molecular complexity index is 531. The molecule has 1 unspecified atom stereocenters. The number of thiocarbonyl (C=S) groups is 1. The van der Waals surface area contributed by atoms with Gasteiger partial charge < -0.3 is 16.4 Å². The van der Waals surface area contributed by atoms with Crippen LogP contribution in [0.25, 0.3) is 0 Å². The topological polar surface area (TPSA) is 67.2 Å². The van der Waals surface area contributed by atoms with Gasteiger partial charge in [0.25, 0.3) is 0 Å². The zero-order valence-corrected chi connectivity index (χ0v) is 11.7. The zero-order valence-electron chi connectivity index (χ0n) is 10.8. The van der Waals surface area contributed by atoms with Crippen LogP contribution in [0.3, 0.4) is 0 Å². The molecule has 0 spiro atoms. The number of carbonyl (C=O) groups is 1. The summed E-state index contributed by atoms with van der Waals surface area (Å²) in [5, 5.41) is 5.20. The number of alkyl halides is 3. The molecule has 20 heavy (non-hydrogen) atoms. The zero-order chi connectivity index (χ0) is 15.5. The van der Waals surface area contributed by atoms with E-state index < -0.39 is 17.8 Å². The first-order chi connectivity index (χ1) is 9.16. The molecule has 0 fully saturated rings. The van der Waals surface area contributed by atoms with Gasteiger partial charge in [0.15, 0.2) is 0 Å². The highest BCUT2D eigenvalue weighted by atomic mass is 32.1. The van der Waals surface area contributed by atoms with Crippen LogP contribution >= 0.6 is 12.2 Å². The van der Waals surface area contributed by atoms with Gasteiger partial charge in [0.05, 0.1) is 5.56 Å². The van der Waals surface area contributed by atoms with Crippen molar-refractivity contribution in [1.82, 2.24) is 5.32 Å². The van der Waals surface area contributed by atoms with Crippen molar-refractivity contribution < 1.29 is 18.0 Å². The first kappa shape index (κ1) is 16.2. The number of nitrogens with one attached hydrogen (secondary N) is 2. The second-order valence-corrected chi connectivity index (χ2v) is 4.54. The maximum Gasteiger partial charge on any atom is 0.416 e. The van der Waals surface area contributed by atoms with Crippen LogP contribution in [0.5, 0.6) is 0 Å². The van der Waals surface area contributed by atoms with Crippen molar-refractivity contribution in [3.8, 4) is 0 Å². The highest BCUT2D eigenvalue weighted by Crippen LogP contribution is 2.32. The Hall–Kier alpha value is -1.83. The van der Waals surface area contributed by atoms with E-state index in [1.807, 2.05) is 0 Å². The second-order valence-electron chi connectivity index (χ2n) is 4.10. The summed E-state index contributed by atoms with van der Waals surface area (Å²) >= 11 is 4.75. The van der Waals surface area contributed by atoms with Gasteiger partial charge in [-0.1, -0.05) is 12.2 Å². The lowest BCUT2D eigenvalue weighted by atomic mass is 10.1. The summed E-state index contributed by atoms with van der Waals surface area (Å²) in [5.41, 5.74) is 4.91. The fourth-order valence-electron chi connectivity index (χ4n) is 1.57. The standard InChI is InChI=1S/C12H14F3N3OS/c1-6(11(19)17-2)18-9-4-3-7(12(13,14)15)5-8(9)10(16)20/h3-6,18H,1-2H3,(H2,16,20)(H,17,19). The molecule has 0 aliphatic rings. The number of hydrogen-bond donors (Lipinski definition) is 3. The number of halogens is 3. The van der Waals surface area contributed by atoms with E-state index in [0.717, 1.165) is 12.1 Å². The summed E-state index contributed by atoms with van der Waals surface area (Å²) in [7, 11) is 1.46. The smallest absolute Gasteiger partial charge is 0.389 e. The summed E-state index contributed by atoms with van der Waals surface area (Å²) in [6, 6.07) is 2.34. The Morgan fingerprint density at radius 3 is 2.45 bits per heavy atom. The summed E-state index contributed by atoms with van der Waals surface area (Å²) < 4.78 is 37.9. The normalized spacial score (nSPS) is 12.7. The van der Waals surface area contributed by atoms with Gasteiger partial charge in [-0.25, -0.2) is 0 Å². The largest absolute Gasteiger partial charge is 0.416 e. The Kier molecular flexibility index (Phi) is 4.93. The van der Waals surface area contributed by atoms with Gasteiger partial charge >= 0.3 is 6.18 Å². The Balaban J connectivity index is 3.15. The van der Waals surface area contributed by atoms with Gasteiger partial charge in [0, 0.05) is 18.3 Å². The molecular weight excluding hydrogens is 291 g/mol.